The Kier molecular flexibility index (Phi) is 6.09. The Morgan fingerprint density at radius 3 is 2.36 bits per heavy atom. The minimum Gasteiger partial charge on any atom is -0.378 e. The highest BCUT2D eigenvalue weighted by Crippen LogP contribution is 2.32. The quantitative estimate of drug-likeness (QED) is 0.669. The second-order valence-corrected chi connectivity index (χ2v) is 6.20. The molecule has 0 bridgehead atoms. The van der Waals surface area contributed by atoms with E-state index in [1.807, 2.05) is 12.1 Å². The van der Waals surface area contributed by atoms with Crippen LogP contribution >= 0.6 is 11.6 Å². The van der Waals surface area contributed by atoms with Crippen LogP contribution in [0, 0.1) is 0 Å². The van der Waals surface area contributed by atoms with Crippen molar-refractivity contribution in [1.29, 1.82) is 0 Å². The van der Waals surface area contributed by atoms with Crippen LogP contribution in [0.15, 0.2) is 29.3 Å². The van der Waals surface area contributed by atoms with Crippen molar-refractivity contribution in [2.24, 2.45) is 10.7 Å². The molecule has 122 valence electrons. The van der Waals surface area contributed by atoms with Crippen LogP contribution < -0.4 is 5.73 Å². The standard InChI is InChI=1S/C17H26ClN3O/c1-3-17(4-2,14-5-7-15(18)8-6-14)13-20-16(19)21-9-11-22-12-10-21/h5-8H,3-4,9-13H2,1-2H3,(H2,19,20). The maximum absolute atomic E-state index is 6.17. The zero-order valence-electron chi connectivity index (χ0n) is 13.5. The van der Waals surface area contributed by atoms with Crippen LogP contribution in [-0.2, 0) is 10.2 Å². The normalized spacial score (nSPS) is 16.9. The molecule has 0 amide bonds. The van der Waals surface area contributed by atoms with E-state index < -0.39 is 0 Å². The van der Waals surface area contributed by atoms with Crippen molar-refractivity contribution in [3.8, 4) is 0 Å². The molecule has 2 rings (SSSR count). The van der Waals surface area contributed by atoms with Crippen molar-refractivity contribution in [2.75, 3.05) is 32.8 Å². The van der Waals surface area contributed by atoms with Crippen LogP contribution in [0.2, 0.25) is 5.02 Å². The summed E-state index contributed by atoms with van der Waals surface area (Å²) in [5, 5.41) is 0.765. The number of guanidine groups is 1. The molecule has 1 aliphatic rings. The second-order valence-electron chi connectivity index (χ2n) is 5.77. The van der Waals surface area contributed by atoms with Gasteiger partial charge in [-0.3, -0.25) is 4.99 Å². The summed E-state index contributed by atoms with van der Waals surface area (Å²) < 4.78 is 5.35. The van der Waals surface area contributed by atoms with Crippen molar-refractivity contribution in [1.82, 2.24) is 4.90 Å². The lowest BCUT2D eigenvalue weighted by Gasteiger charge is -2.32. The largest absolute Gasteiger partial charge is 0.378 e. The monoisotopic (exact) mass is 323 g/mol. The molecule has 0 unspecified atom stereocenters. The third-order valence-electron chi connectivity index (χ3n) is 4.69. The van der Waals surface area contributed by atoms with Crippen molar-refractivity contribution < 1.29 is 4.74 Å². The van der Waals surface area contributed by atoms with E-state index in [4.69, 9.17) is 27.1 Å². The third-order valence-corrected chi connectivity index (χ3v) is 4.94. The Balaban J connectivity index is 2.15. The summed E-state index contributed by atoms with van der Waals surface area (Å²) in [6, 6.07) is 8.11. The van der Waals surface area contributed by atoms with Gasteiger partial charge < -0.3 is 15.4 Å². The fraction of sp³-hybridized carbons (Fsp3) is 0.588. The van der Waals surface area contributed by atoms with Crippen LogP contribution in [0.3, 0.4) is 0 Å². The summed E-state index contributed by atoms with van der Waals surface area (Å²) in [7, 11) is 0. The molecule has 1 fully saturated rings. The highest BCUT2D eigenvalue weighted by molar-refractivity contribution is 6.30. The zero-order valence-corrected chi connectivity index (χ0v) is 14.3. The number of nitrogens with zero attached hydrogens (tertiary/aromatic N) is 2. The molecule has 1 aromatic rings. The first kappa shape index (κ1) is 17.1. The summed E-state index contributed by atoms with van der Waals surface area (Å²) in [6.45, 7) is 8.20. The Labute approximate surface area is 138 Å². The van der Waals surface area contributed by atoms with Gasteiger partial charge in [-0.05, 0) is 30.5 Å². The number of ether oxygens (including phenoxy) is 1. The average Bonchev–Trinajstić information content (AvgIpc) is 2.58. The Morgan fingerprint density at radius 2 is 1.82 bits per heavy atom. The maximum Gasteiger partial charge on any atom is 0.191 e. The minimum atomic E-state index is 0.0154. The molecule has 1 aromatic carbocycles. The van der Waals surface area contributed by atoms with E-state index >= 15 is 0 Å². The van der Waals surface area contributed by atoms with Gasteiger partial charge >= 0.3 is 0 Å². The van der Waals surface area contributed by atoms with Gasteiger partial charge in [0.25, 0.3) is 0 Å². The molecule has 5 heteroatoms. The number of nitrogens with two attached hydrogens (primary N) is 1. The fourth-order valence-corrected chi connectivity index (χ4v) is 3.03. The van der Waals surface area contributed by atoms with Gasteiger partial charge in [0, 0.05) is 23.5 Å². The van der Waals surface area contributed by atoms with Crippen molar-refractivity contribution in [3.63, 3.8) is 0 Å². The second kappa shape index (κ2) is 7.84. The summed E-state index contributed by atoms with van der Waals surface area (Å²) in [4.78, 5) is 6.79. The van der Waals surface area contributed by atoms with Crippen LogP contribution in [0.1, 0.15) is 32.3 Å². The fourth-order valence-electron chi connectivity index (χ4n) is 2.90. The van der Waals surface area contributed by atoms with Crippen LogP contribution in [0.4, 0.5) is 0 Å². The first-order chi connectivity index (χ1) is 10.6. The smallest absolute Gasteiger partial charge is 0.191 e. The van der Waals surface area contributed by atoms with Gasteiger partial charge in [-0.25, -0.2) is 0 Å². The average molecular weight is 324 g/mol. The summed E-state index contributed by atoms with van der Waals surface area (Å²) in [5.41, 5.74) is 7.46. The van der Waals surface area contributed by atoms with Crippen LogP contribution in [0.5, 0.6) is 0 Å². The van der Waals surface area contributed by atoms with E-state index in [-0.39, 0.29) is 5.41 Å². The van der Waals surface area contributed by atoms with Gasteiger partial charge in [0.2, 0.25) is 0 Å². The minimum absolute atomic E-state index is 0.0154. The van der Waals surface area contributed by atoms with Gasteiger partial charge in [-0.2, -0.15) is 0 Å². The van der Waals surface area contributed by atoms with Crippen LogP contribution in [0.25, 0.3) is 0 Å². The molecule has 0 aromatic heterocycles. The van der Waals surface area contributed by atoms with E-state index in [9.17, 15) is 0 Å². The molecule has 1 aliphatic heterocycles. The van der Waals surface area contributed by atoms with Crippen LogP contribution in [-0.4, -0.2) is 43.7 Å². The molecule has 4 nitrogen and oxygen atoms in total. The Hall–Kier alpha value is -1.26. The van der Waals surface area contributed by atoms with E-state index in [0.29, 0.717) is 12.5 Å². The SMILES string of the molecule is CCC(CC)(CN=C(N)N1CCOCC1)c1ccc(Cl)cc1. The van der Waals surface area contributed by atoms with Gasteiger partial charge in [-0.15, -0.1) is 0 Å². The molecule has 0 aliphatic carbocycles. The number of rotatable bonds is 5. The highest BCUT2D eigenvalue weighted by atomic mass is 35.5. The topological polar surface area (TPSA) is 50.8 Å². The number of morpholine rings is 1. The molecule has 1 saturated heterocycles. The van der Waals surface area contributed by atoms with E-state index in [0.717, 1.165) is 44.2 Å². The molecule has 2 N–H and O–H groups in total. The molecule has 0 radical (unpaired) electrons. The predicted molar refractivity (Wildman–Crippen MR) is 92.6 cm³/mol. The zero-order chi connectivity index (χ0) is 16.0. The number of aliphatic imine (C=N–C) groups is 1. The first-order valence-electron chi connectivity index (χ1n) is 8.00. The number of benzene rings is 1. The van der Waals surface area contributed by atoms with E-state index in [1.165, 1.54) is 5.56 Å². The lowest BCUT2D eigenvalue weighted by atomic mass is 9.76. The predicted octanol–water partition coefficient (Wildman–Crippen LogP) is 3.04. The molecular weight excluding hydrogens is 298 g/mol. The maximum atomic E-state index is 6.17. The summed E-state index contributed by atoms with van der Waals surface area (Å²) in [6.07, 6.45) is 2.04. The molecule has 22 heavy (non-hydrogen) atoms. The lowest BCUT2D eigenvalue weighted by molar-refractivity contribution is 0.0673. The molecule has 1 heterocycles. The van der Waals surface area contributed by atoms with Gasteiger partial charge in [-0.1, -0.05) is 37.6 Å². The van der Waals surface area contributed by atoms with Gasteiger partial charge in [0.1, 0.15) is 0 Å². The molecule has 0 saturated carbocycles. The first-order valence-corrected chi connectivity index (χ1v) is 8.38. The molecule has 0 spiro atoms. The summed E-state index contributed by atoms with van der Waals surface area (Å²) in [5.74, 6) is 0.628. The number of hydrogen-bond acceptors (Lipinski definition) is 2. The Morgan fingerprint density at radius 1 is 1.23 bits per heavy atom. The van der Waals surface area contributed by atoms with Crippen molar-refractivity contribution >= 4 is 17.6 Å². The number of halogens is 1. The lowest BCUT2D eigenvalue weighted by Crippen LogP contribution is -2.45. The highest BCUT2D eigenvalue weighted by Gasteiger charge is 2.28. The van der Waals surface area contributed by atoms with Gasteiger partial charge in [0.15, 0.2) is 5.96 Å². The molecular formula is C17H26ClN3O. The number of hydrogen-bond donors (Lipinski definition) is 1. The van der Waals surface area contributed by atoms with Gasteiger partial charge in [0.05, 0.1) is 19.8 Å². The Bertz CT molecular complexity index is 491. The van der Waals surface area contributed by atoms with E-state index in [2.05, 4.69) is 30.9 Å². The van der Waals surface area contributed by atoms with Crippen molar-refractivity contribution in [3.05, 3.63) is 34.9 Å². The van der Waals surface area contributed by atoms with Crippen molar-refractivity contribution in [2.45, 2.75) is 32.1 Å². The molecule has 0 atom stereocenters. The summed E-state index contributed by atoms with van der Waals surface area (Å²) >= 11 is 6.01. The van der Waals surface area contributed by atoms with E-state index in [1.54, 1.807) is 0 Å². The third kappa shape index (κ3) is 3.93.